The lowest BCUT2D eigenvalue weighted by Gasteiger charge is -2.38. The normalized spacial score (nSPS) is 23.1. The summed E-state index contributed by atoms with van der Waals surface area (Å²) in [4.78, 5) is 22.7. The van der Waals surface area contributed by atoms with Crippen LogP contribution in [0.25, 0.3) is 11.3 Å². The minimum absolute atomic E-state index is 0.0108. The summed E-state index contributed by atoms with van der Waals surface area (Å²) < 4.78 is 57.9. The van der Waals surface area contributed by atoms with Gasteiger partial charge in [-0.05, 0) is 44.6 Å². The number of alkyl halides is 3. The quantitative estimate of drug-likeness (QED) is 0.370. The van der Waals surface area contributed by atoms with Crippen molar-refractivity contribution in [2.24, 2.45) is 0 Å². The molecule has 3 aromatic rings. The van der Waals surface area contributed by atoms with E-state index in [-0.39, 0.29) is 42.0 Å². The van der Waals surface area contributed by atoms with Gasteiger partial charge in [0.15, 0.2) is 0 Å². The highest BCUT2D eigenvalue weighted by molar-refractivity contribution is 5.88. The lowest BCUT2D eigenvalue weighted by atomic mass is 9.98. The number of piperidine rings is 1. The van der Waals surface area contributed by atoms with Gasteiger partial charge in [0, 0.05) is 41.5 Å². The molecule has 2 atom stereocenters. The Morgan fingerprint density at radius 3 is 2.39 bits per heavy atom. The maximum atomic E-state index is 13.7. The standard InChI is InChI=1S/C27H27F3N4O4/c1-36-25(35)16-12-31-26(32-13-16)34-17-8-9-18(34)11-19(10-17)37-14-21-23(33-38-24(21)15-6-7-15)20-4-2-3-5-22(20)27(28,29)30/h2-5,12-13,15,17-19H,6-11,14H2,1H3. The van der Waals surface area contributed by atoms with Gasteiger partial charge in [0.1, 0.15) is 11.5 Å². The number of nitrogens with zero attached hydrogens (tertiary/aromatic N) is 4. The van der Waals surface area contributed by atoms with Crippen LogP contribution in [-0.4, -0.2) is 46.4 Å². The highest BCUT2D eigenvalue weighted by Crippen LogP contribution is 2.46. The fourth-order valence-electron chi connectivity index (χ4n) is 5.74. The number of hydrogen-bond acceptors (Lipinski definition) is 8. The van der Waals surface area contributed by atoms with Gasteiger partial charge >= 0.3 is 12.1 Å². The number of halogens is 3. The predicted molar refractivity (Wildman–Crippen MR) is 129 cm³/mol. The van der Waals surface area contributed by atoms with E-state index in [1.165, 1.54) is 31.6 Å². The van der Waals surface area contributed by atoms with Crippen molar-refractivity contribution in [1.29, 1.82) is 0 Å². The second kappa shape index (κ2) is 9.68. The van der Waals surface area contributed by atoms with Crippen LogP contribution in [-0.2, 0) is 22.3 Å². The number of ether oxygens (including phenoxy) is 2. The first kappa shape index (κ1) is 24.8. The molecule has 8 nitrogen and oxygen atoms in total. The van der Waals surface area contributed by atoms with Crippen molar-refractivity contribution in [3.63, 3.8) is 0 Å². The number of fused-ring (bicyclic) bond motifs is 2. The van der Waals surface area contributed by atoms with Crippen molar-refractivity contribution in [2.75, 3.05) is 12.0 Å². The SMILES string of the molecule is COC(=O)c1cnc(N2C3CCC2CC(OCc2c(-c4ccccc4C(F)(F)F)noc2C2CC2)C3)nc1. The Morgan fingerprint density at radius 2 is 1.76 bits per heavy atom. The van der Waals surface area contributed by atoms with Gasteiger partial charge in [0.25, 0.3) is 0 Å². The number of aromatic nitrogens is 3. The number of hydrogen-bond donors (Lipinski definition) is 0. The van der Waals surface area contributed by atoms with Crippen molar-refractivity contribution in [1.82, 2.24) is 15.1 Å². The molecule has 0 spiro atoms. The lowest BCUT2D eigenvalue weighted by Crippen LogP contribution is -2.46. The number of carbonyl (C=O) groups excluding carboxylic acids is 1. The molecule has 1 aliphatic carbocycles. The summed E-state index contributed by atoms with van der Waals surface area (Å²) >= 11 is 0. The molecule has 4 heterocycles. The molecule has 11 heteroatoms. The largest absolute Gasteiger partial charge is 0.465 e. The van der Waals surface area contributed by atoms with E-state index in [0.717, 1.165) is 44.6 Å². The minimum Gasteiger partial charge on any atom is -0.465 e. The zero-order valence-electron chi connectivity index (χ0n) is 20.8. The highest BCUT2D eigenvalue weighted by atomic mass is 19.4. The molecule has 3 fully saturated rings. The Labute approximate surface area is 217 Å². The van der Waals surface area contributed by atoms with Gasteiger partial charge in [0.2, 0.25) is 5.95 Å². The van der Waals surface area contributed by atoms with Crippen LogP contribution in [0, 0.1) is 0 Å². The minimum atomic E-state index is -4.50. The average molecular weight is 529 g/mol. The Hall–Kier alpha value is -3.47. The van der Waals surface area contributed by atoms with Crippen molar-refractivity contribution in [2.45, 2.75) is 75.4 Å². The number of rotatable bonds is 7. The van der Waals surface area contributed by atoms with Crippen LogP contribution in [0.3, 0.4) is 0 Å². The van der Waals surface area contributed by atoms with Crippen molar-refractivity contribution in [3.8, 4) is 11.3 Å². The summed E-state index contributed by atoms with van der Waals surface area (Å²) in [5, 5.41) is 4.09. The van der Waals surface area contributed by atoms with E-state index in [9.17, 15) is 18.0 Å². The Balaban J connectivity index is 1.19. The summed E-state index contributed by atoms with van der Waals surface area (Å²) in [5.74, 6) is 0.903. The van der Waals surface area contributed by atoms with Crippen LogP contribution in [0.4, 0.5) is 19.1 Å². The number of benzene rings is 1. The van der Waals surface area contributed by atoms with Gasteiger partial charge in [-0.25, -0.2) is 14.8 Å². The third-order valence-corrected chi connectivity index (χ3v) is 7.70. The van der Waals surface area contributed by atoms with Crippen molar-refractivity contribution in [3.05, 3.63) is 59.1 Å². The van der Waals surface area contributed by atoms with Crippen LogP contribution >= 0.6 is 0 Å². The second-order valence-electron chi connectivity index (χ2n) is 10.2. The number of carbonyl (C=O) groups is 1. The van der Waals surface area contributed by atoms with Crippen LogP contribution in [0.15, 0.2) is 41.2 Å². The maximum Gasteiger partial charge on any atom is 0.417 e. The van der Waals surface area contributed by atoms with Crippen LogP contribution in [0.2, 0.25) is 0 Å². The molecule has 2 bridgehead atoms. The first-order chi connectivity index (χ1) is 18.3. The number of esters is 1. The molecule has 2 saturated heterocycles. The molecule has 2 aromatic heterocycles. The van der Waals surface area contributed by atoms with E-state index >= 15 is 0 Å². The van der Waals surface area contributed by atoms with E-state index < -0.39 is 17.7 Å². The first-order valence-corrected chi connectivity index (χ1v) is 12.8. The molecule has 0 amide bonds. The van der Waals surface area contributed by atoms with Gasteiger partial charge < -0.3 is 18.9 Å². The third kappa shape index (κ3) is 4.63. The monoisotopic (exact) mass is 528 g/mol. The zero-order chi connectivity index (χ0) is 26.4. The lowest BCUT2D eigenvalue weighted by molar-refractivity contribution is -0.137. The molecule has 38 heavy (non-hydrogen) atoms. The molecular weight excluding hydrogens is 501 g/mol. The smallest absolute Gasteiger partial charge is 0.417 e. The van der Waals surface area contributed by atoms with Gasteiger partial charge in [-0.3, -0.25) is 0 Å². The van der Waals surface area contributed by atoms with E-state index in [2.05, 4.69) is 20.0 Å². The average Bonchev–Trinajstić information content (AvgIpc) is 3.62. The molecule has 6 rings (SSSR count). The van der Waals surface area contributed by atoms with Gasteiger partial charge in [-0.15, -0.1) is 0 Å². The summed E-state index contributed by atoms with van der Waals surface area (Å²) in [5.41, 5.74) is 0.392. The van der Waals surface area contributed by atoms with Gasteiger partial charge in [-0.1, -0.05) is 23.4 Å². The van der Waals surface area contributed by atoms with Gasteiger partial charge in [0.05, 0.1) is 30.9 Å². The fraction of sp³-hybridized carbons (Fsp3) is 0.481. The number of methoxy groups -OCH3 is 1. The van der Waals surface area contributed by atoms with Crippen LogP contribution < -0.4 is 4.90 Å². The predicted octanol–water partition coefficient (Wildman–Crippen LogP) is 5.53. The van der Waals surface area contributed by atoms with E-state index in [4.69, 9.17) is 14.0 Å². The van der Waals surface area contributed by atoms with Crippen molar-refractivity contribution >= 4 is 11.9 Å². The highest BCUT2D eigenvalue weighted by Gasteiger charge is 2.43. The summed E-state index contributed by atoms with van der Waals surface area (Å²) in [6.45, 7) is 0.144. The molecular formula is C27H27F3N4O4. The van der Waals surface area contributed by atoms with Crippen molar-refractivity contribution < 1.29 is 32.0 Å². The van der Waals surface area contributed by atoms with E-state index in [1.54, 1.807) is 6.07 Å². The Morgan fingerprint density at radius 1 is 1.08 bits per heavy atom. The Kier molecular flexibility index (Phi) is 6.33. The molecule has 1 saturated carbocycles. The van der Waals surface area contributed by atoms with Crippen LogP contribution in [0.1, 0.15) is 71.7 Å². The summed E-state index contributed by atoms with van der Waals surface area (Å²) in [7, 11) is 1.31. The first-order valence-electron chi connectivity index (χ1n) is 12.8. The number of anilines is 1. The molecule has 0 radical (unpaired) electrons. The van der Waals surface area contributed by atoms with Crippen LogP contribution in [0.5, 0.6) is 0 Å². The zero-order valence-corrected chi connectivity index (χ0v) is 20.8. The van der Waals surface area contributed by atoms with E-state index in [0.29, 0.717) is 22.8 Å². The molecule has 2 unspecified atom stereocenters. The van der Waals surface area contributed by atoms with Gasteiger partial charge in [-0.2, -0.15) is 13.2 Å². The molecule has 3 aliphatic rings. The maximum absolute atomic E-state index is 13.7. The third-order valence-electron chi connectivity index (χ3n) is 7.70. The molecule has 1 aromatic carbocycles. The Bertz CT molecular complexity index is 1310. The fourth-order valence-corrected chi connectivity index (χ4v) is 5.74. The topological polar surface area (TPSA) is 90.6 Å². The molecule has 0 N–H and O–H groups in total. The molecule has 200 valence electrons. The molecule has 2 aliphatic heterocycles. The van der Waals surface area contributed by atoms with E-state index in [1.807, 2.05) is 0 Å². The summed E-state index contributed by atoms with van der Waals surface area (Å²) in [6, 6.07) is 5.81. The summed E-state index contributed by atoms with van der Waals surface area (Å²) in [6.07, 6.45) is 3.68. The second-order valence-corrected chi connectivity index (χ2v) is 10.2.